The van der Waals surface area contributed by atoms with Crippen molar-refractivity contribution in [2.75, 3.05) is 5.75 Å². The van der Waals surface area contributed by atoms with Crippen LogP contribution in [0.4, 0.5) is 0 Å². The summed E-state index contributed by atoms with van der Waals surface area (Å²) in [5, 5.41) is 0. The molecule has 1 N–H and O–H groups in total. The zero-order chi connectivity index (χ0) is 11.3. The van der Waals surface area contributed by atoms with E-state index in [0.29, 0.717) is 12.8 Å². The number of pyridine rings is 1. The van der Waals surface area contributed by atoms with Gasteiger partial charge in [0.1, 0.15) is 0 Å². The molecule has 1 aromatic heterocycles. The second-order valence-electron chi connectivity index (χ2n) is 3.23. The third kappa shape index (κ3) is 4.71. The van der Waals surface area contributed by atoms with Gasteiger partial charge in [0.05, 0.1) is 5.75 Å². The van der Waals surface area contributed by atoms with Gasteiger partial charge in [-0.25, -0.2) is 0 Å². The molecule has 0 bridgehead atoms. The number of aryl methyl sites for hydroxylation is 1. The SMILES string of the molecule is C=C[n+]1ccc(CCCS(=O)(=O)O)cc1. The number of hydrogen-bond donors (Lipinski definition) is 1. The number of aromatic nitrogens is 1. The first-order valence-corrected chi connectivity index (χ1v) is 6.19. The van der Waals surface area contributed by atoms with Gasteiger partial charge in [-0.2, -0.15) is 13.0 Å². The van der Waals surface area contributed by atoms with Crippen molar-refractivity contribution in [2.45, 2.75) is 12.8 Å². The van der Waals surface area contributed by atoms with E-state index in [0.717, 1.165) is 5.56 Å². The van der Waals surface area contributed by atoms with Crippen molar-refractivity contribution in [3.8, 4) is 0 Å². The number of nitrogens with zero attached hydrogens (tertiary/aromatic N) is 1. The lowest BCUT2D eigenvalue weighted by atomic mass is 10.2. The van der Waals surface area contributed by atoms with E-state index in [2.05, 4.69) is 6.58 Å². The second-order valence-corrected chi connectivity index (χ2v) is 4.80. The fourth-order valence-electron chi connectivity index (χ4n) is 1.22. The molecule has 0 spiro atoms. The topological polar surface area (TPSA) is 58.2 Å². The summed E-state index contributed by atoms with van der Waals surface area (Å²) in [5.41, 5.74) is 1.04. The van der Waals surface area contributed by atoms with Gasteiger partial charge in [-0.1, -0.05) is 0 Å². The van der Waals surface area contributed by atoms with E-state index < -0.39 is 10.1 Å². The molecule has 1 rings (SSSR count). The summed E-state index contributed by atoms with van der Waals surface area (Å²) in [4.78, 5) is 0. The smallest absolute Gasteiger partial charge is 0.264 e. The molecular formula is C10H14NO3S+. The van der Waals surface area contributed by atoms with Gasteiger partial charge in [-0.3, -0.25) is 4.55 Å². The van der Waals surface area contributed by atoms with Crippen LogP contribution < -0.4 is 4.57 Å². The molecule has 1 heterocycles. The van der Waals surface area contributed by atoms with E-state index in [1.54, 1.807) is 10.8 Å². The highest BCUT2D eigenvalue weighted by Gasteiger charge is 2.04. The lowest BCUT2D eigenvalue weighted by Gasteiger charge is -1.98. The van der Waals surface area contributed by atoms with Crippen LogP contribution in [0.2, 0.25) is 0 Å². The van der Waals surface area contributed by atoms with E-state index in [-0.39, 0.29) is 5.75 Å². The molecule has 1 aromatic rings. The molecule has 82 valence electrons. The van der Waals surface area contributed by atoms with Crippen molar-refractivity contribution in [1.82, 2.24) is 0 Å². The third-order valence-corrected chi connectivity index (χ3v) is 2.80. The molecule has 4 nitrogen and oxygen atoms in total. The lowest BCUT2D eigenvalue weighted by molar-refractivity contribution is -0.568. The minimum Gasteiger partial charge on any atom is -0.286 e. The summed E-state index contributed by atoms with van der Waals surface area (Å²) in [7, 11) is -3.83. The van der Waals surface area contributed by atoms with E-state index >= 15 is 0 Å². The molecule has 0 fully saturated rings. The third-order valence-electron chi connectivity index (χ3n) is 2.00. The monoisotopic (exact) mass is 228 g/mol. The average Bonchev–Trinajstić information content (AvgIpc) is 2.17. The van der Waals surface area contributed by atoms with Gasteiger partial charge in [0.25, 0.3) is 10.1 Å². The minimum absolute atomic E-state index is 0.191. The van der Waals surface area contributed by atoms with Crippen molar-refractivity contribution in [2.24, 2.45) is 0 Å². The van der Waals surface area contributed by atoms with Crippen LogP contribution in [0.15, 0.2) is 31.1 Å². The summed E-state index contributed by atoms with van der Waals surface area (Å²) >= 11 is 0. The van der Waals surface area contributed by atoms with E-state index in [1.165, 1.54) is 0 Å². The van der Waals surface area contributed by atoms with E-state index in [9.17, 15) is 8.42 Å². The van der Waals surface area contributed by atoms with Crippen LogP contribution in [0.25, 0.3) is 6.20 Å². The first-order valence-electron chi connectivity index (χ1n) is 4.58. The van der Waals surface area contributed by atoms with Crippen molar-refractivity contribution in [1.29, 1.82) is 0 Å². The molecule has 0 unspecified atom stereocenters. The molecule has 0 aliphatic heterocycles. The molecular weight excluding hydrogens is 214 g/mol. The normalized spacial score (nSPS) is 11.3. The maximum absolute atomic E-state index is 10.5. The highest BCUT2D eigenvalue weighted by Crippen LogP contribution is 2.01. The van der Waals surface area contributed by atoms with Crippen LogP contribution >= 0.6 is 0 Å². The Morgan fingerprint density at radius 2 is 2.00 bits per heavy atom. The Bertz CT molecular complexity index is 422. The molecule has 0 aliphatic rings. The van der Waals surface area contributed by atoms with Gasteiger partial charge in [0, 0.05) is 12.1 Å². The van der Waals surface area contributed by atoms with Crippen LogP contribution in [0.3, 0.4) is 0 Å². The summed E-state index contributed by atoms with van der Waals surface area (Å²) in [6, 6.07) is 3.79. The van der Waals surface area contributed by atoms with Gasteiger partial charge >= 0.3 is 0 Å². The van der Waals surface area contributed by atoms with Crippen LogP contribution in [-0.4, -0.2) is 18.7 Å². The number of rotatable bonds is 5. The van der Waals surface area contributed by atoms with Gasteiger partial charge in [0.2, 0.25) is 0 Å². The molecule has 0 saturated carbocycles. The Balaban J connectivity index is 2.48. The highest BCUT2D eigenvalue weighted by molar-refractivity contribution is 7.85. The maximum atomic E-state index is 10.5. The van der Waals surface area contributed by atoms with Gasteiger partial charge < -0.3 is 0 Å². The van der Waals surface area contributed by atoms with Crippen molar-refractivity contribution < 1.29 is 17.5 Å². The zero-order valence-electron chi connectivity index (χ0n) is 8.33. The highest BCUT2D eigenvalue weighted by atomic mass is 32.2. The Hall–Kier alpha value is -1.20. The number of hydrogen-bond acceptors (Lipinski definition) is 2. The first kappa shape index (κ1) is 11.9. The van der Waals surface area contributed by atoms with E-state index in [1.807, 2.05) is 24.5 Å². The second kappa shape index (κ2) is 5.04. The Morgan fingerprint density at radius 3 is 2.47 bits per heavy atom. The minimum atomic E-state index is -3.83. The Kier molecular flexibility index (Phi) is 3.99. The molecule has 0 aliphatic carbocycles. The van der Waals surface area contributed by atoms with Crippen LogP contribution in [0, 0.1) is 0 Å². The standard InChI is InChI=1S/C10H13NO3S/c1-2-11-7-5-10(6-8-11)4-3-9-15(12,13)14/h2,5-8H,1,3-4,9H2/p+1. The molecule has 0 aromatic carbocycles. The van der Waals surface area contributed by atoms with E-state index in [4.69, 9.17) is 4.55 Å². The quantitative estimate of drug-likeness (QED) is 0.601. The lowest BCUT2D eigenvalue weighted by Crippen LogP contribution is -2.23. The summed E-state index contributed by atoms with van der Waals surface area (Å²) in [5.74, 6) is -0.191. The summed E-state index contributed by atoms with van der Waals surface area (Å²) < 4.78 is 31.3. The van der Waals surface area contributed by atoms with Crippen molar-refractivity contribution in [3.05, 3.63) is 36.7 Å². The Morgan fingerprint density at radius 1 is 1.40 bits per heavy atom. The van der Waals surface area contributed by atoms with Crippen LogP contribution in [-0.2, 0) is 16.5 Å². The predicted octanol–water partition coefficient (Wildman–Crippen LogP) is 0.895. The maximum Gasteiger partial charge on any atom is 0.264 e. The molecule has 15 heavy (non-hydrogen) atoms. The zero-order valence-corrected chi connectivity index (χ0v) is 9.15. The van der Waals surface area contributed by atoms with Gasteiger partial charge in [-0.15, -0.1) is 0 Å². The van der Waals surface area contributed by atoms with Gasteiger partial charge in [-0.05, 0) is 25.0 Å². The van der Waals surface area contributed by atoms with Crippen molar-refractivity contribution >= 4 is 16.3 Å². The molecule has 0 radical (unpaired) electrons. The molecule has 0 saturated heterocycles. The predicted molar refractivity (Wildman–Crippen MR) is 57.8 cm³/mol. The first-order chi connectivity index (χ1) is 7.01. The fourth-order valence-corrected chi connectivity index (χ4v) is 1.73. The Labute approximate surface area is 89.6 Å². The molecule has 5 heteroatoms. The van der Waals surface area contributed by atoms with Gasteiger partial charge in [0.15, 0.2) is 18.6 Å². The fraction of sp³-hybridized carbons (Fsp3) is 0.300. The summed E-state index contributed by atoms with van der Waals surface area (Å²) in [6.07, 6.45) is 6.42. The van der Waals surface area contributed by atoms with Crippen molar-refractivity contribution in [3.63, 3.8) is 0 Å². The largest absolute Gasteiger partial charge is 0.286 e. The average molecular weight is 228 g/mol. The molecule has 0 atom stereocenters. The van der Waals surface area contributed by atoms with Crippen LogP contribution in [0.5, 0.6) is 0 Å². The summed E-state index contributed by atoms with van der Waals surface area (Å²) in [6.45, 7) is 3.61. The molecule has 0 amide bonds. The van der Waals surface area contributed by atoms with Crippen LogP contribution in [0.1, 0.15) is 12.0 Å².